The number of aliphatic hydroxyl groups is 1. The second kappa shape index (κ2) is 7.76. The van der Waals surface area contributed by atoms with Crippen molar-refractivity contribution >= 4 is 17.4 Å². The van der Waals surface area contributed by atoms with Crippen molar-refractivity contribution in [1.29, 1.82) is 0 Å². The summed E-state index contributed by atoms with van der Waals surface area (Å²) in [6.45, 7) is 3.81. The number of ketones is 1. The third kappa shape index (κ3) is 3.45. The SMILES string of the molecule is COc1ccccc1N1C(=O)C(O)=C(C(=O)CC(C)C)C1c1ccc(O)cc1. The van der Waals surface area contributed by atoms with E-state index in [0.717, 1.165) is 0 Å². The van der Waals surface area contributed by atoms with Crippen LogP contribution in [0.25, 0.3) is 0 Å². The number of aliphatic hydroxyl groups excluding tert-OH is 1. The number of anilines is 1. The van der Waals surface area contributed by atoms with Gasteiger partial charge in [0.1, 0.15) is 11.5 Å². The number of nitrogens with zero attached hydrogens (tertiary/aromatic N) is 1. The van der Waals surface area contributed by atoms with Gasteiger partial charge >= 0.3 is 0 Å². The number of carbonyl (C=O) groups excluding carboxylic acids is 2. The number of rotatable bonds is 6. The molecule has 1 amide bonds. The van der Waals surface area contributed by atoms with E-state index < -0.39 is 17.7 Å². The Morgan fingerprint density at radius 3 is 2.36 bits per heavy atom. The van der Waals surface area contributed by atoms with E-state index in [-0.39, 0.29) is 29.4 Å². The summed E-state index contributed by atoms with van der Waals surface area (Å²) in [5, 5.41) is 20.2. The minimum Gasteiger partial charge on any atom is -0.508 e. The molecule has 0 radical (unpaired) electrons. The van der Waals surface area contributed by atoms with E-state index in [1.54, 1.807) is 36.4 Å². The molecule has 0 aromatic heterocycles. The number of ether oxygens (including phenoxy) is 1. The van der Waals surface area contributed by atoms with Gasteiger partial charge in [-0.3, -0.25) is 14.5 Å². The lowest BCUT2D eigenvalue weighted by Gasteiger charge is -2.28. The van der Waals surface area contributed by atoms with Gasteiger partial charge in [0.25, 0.3) is 5.91 Å². The van der Waals surface area contributed by atoms with Gasteiger partial charge in [-0.25, -0.2) is 0 Å². The van der Waals surface area contributed by atoms with Gasteiger partial charge in [-0.15, -0.1) is 0 Å². The smallest absolute Gasteiger partial charge is 0.294 e. The number of methoxy groups -OCH3 is 1. The first kappa shape index (κ1) is 19.5. The van der Waals surface area contributed by atoms with E-state index in [1.807, 2.05) is 13.8 Å². The second-order valence-corrected chi connectivity index (χ2v) is 7.12. The maximum atomic E-state index is 13.0. The van der Waals surface area contributed by atoms with Crippen molar-refractivity contribution in [1.82, 2.24) is 0 Å². The minimum absolute atomic E-state index is 0.0651. The van der Waals surface area contributed by atoms with Crippen LogP contribution in [0.3, 0.4) is 0 Å². The number of benzene rings is 2. The van der Waals surface area contributed by atoms with Crippen molar-refractivity contribution in [3.63, 3.8) is 0 Å². The summed E-state index contributed by atoms with van der Waals surface area (Å²) in [4.78, 5) is 27.3. The molecule has 2 N–H and O–H groups in total. The molecule has 1 heterocycles. The molecule has 0 saturated heterocycles. The van der Waals surface area contributed by atoms with Gasteiger partial charge in [0.15, 0.2) is 11.5 Å². The zero-order chi connectivity index (χ0) is 20.4. The molecule has 0 fully saturated rings. The molecule has 2 aromatic carbocycles. The van der Waals surface area contributed by atoms with Crippen molar-refractivity contribution in [2.75, 3.05) is 12.0 Å². The van der Waals surface area contributed by atoms with Crippen molar-refractivity contribution < 1.29 is 24.5 Å². The molecule has 28 heavy (non-hydrogen) atoms. The Morgan fingerprint density at radius 1 is 1.11 bits per heavy atom. The van der Waals surface area contributed by atoms with Crippen molar-refractivity contribution in [2.24, 2.45) is 5.92 Å². The summed E-state index contributed by atoms with van der Waals surface area (Å²) in [6.07, 6.45) is 0.209. The largest absolute Gasteiger partial charge is 0.508 e. The lowest BCUT2D eigenvalue weighted by molar-refractivity contribution is -0.118. The first-order valence-corrected chi connectivity index (χ1v) is 9.07. The first-order chi connectivity index (χ1) is 13.3. The molecular formula is C22H23NO5. The average Bonchev–Trinajstić information content (AvgIpc) is 2.93. The third-order valence-electron chi connectivity index (χ3n) is 4.66. The molecule has 3 rings (SSSR count). The first-order valence-electron chi connectivity index (χ1n) is 9.07. The summed E-state index contributed by atoms with van der Waals surface area (Å²) < 4.78 is 5.39. The zero-order valence-corrected chi connectivity index (χ0v) is 16.0. The standard InChI is InChI=1S/C22H23NO5/c1-13(2)12-17(25)19-20(14-8-10-15(24)11-9-14)23(22(27)21(19)26)16-6-4-5-7-18(16)28-3/h4-11,13,20,24,26H,12H2,1-3H3. The predicted octanol–water partition coefficient (Wildman–Crippen LogP) is 3.92. The Balaban J connectivity index is 2.18. The van der Waals surface area contributed by atoms with E-state index >= 15 is 0 Å². The molecule has 0 saturated carbocycles. The number of amides is 1. The van der Waals surface area contributed by atoms with Gasteiger partial charge in [0.05, 0.1) is 24.4 Å². The number of aromatic hydroxyl groups is 1. The Bertz CT molecular complexity index is 930. The number of carbonyl (C=O) groups is 2. The summed E-state index contributed by atoms with van der Waals surface area (Å²) in [6, 6.07) is 12.4. The normalized spacial score (nSPS) is 16.8. The fourth-order valence-electron chi connectivity index (χ4n) is 3.42. The fourth-order valence-corrected chi connectivity index (χ4v) is 3.42. The Kier molecular flexibility index (Phi) is 5.40. The molecule has 0 aliphatic carbocycles. The van der Waals surface area contributed by atoms with Gasteiger partial charge in [-0.05, 0) is 35.7 Å². The van der Waals surface area contributed by atoms with E-state index in [4.69, 9.17) is 4.74 Å². The number of hydrogen-bond acceptors (Lipinski definition) is 5. The molecule has 1 unspecified atom stereocenters. The van der Waals surface area contributed by atoms with Crippen LogP contribution in [0.15, 0.2) is 59.9 Å². The Labute approximate surface area is 163 Å². The summed E-state index contributed by atoms with van der Waals surface area (Å²) >= 11 is 0. The topological polar surface area (TPSA) is 87.1 Å². The Morgan fingerprint density at radius 2 is 1.75 bits per heavy atom. The molecule has 0 spiro atoms. The van der Waals surface area contributed by atoms with Crippen LogP contribution >= 0.6 is 0 Å². The van der Waals surface area contributed by atoms with Crippen LogP contribution in [0.5, 0.6) is 11.5 Å². The van der Waals surface area contributed by atoms with Crippen LogP contribution < -0.4 is 9.64 Å². The molecule has 6 heteroatoms. The molecule has 2 aromatic rings. The van der Waals surface area contributed by atoms with Gasteiger partial charge in [-0.2, -0.15) is 0 Å². The van der Waals surface area contributed by atoms with Gasteiger partial charge in [-0.1, -0.05) is 38.1 Å². The second-order valence-electron chi connectivity index (χ2n) is 7.12. The summed E-state index contributed by atoms with van der Waals surface area (Å²) in [7, 11) is 1.49. The van der Waals surface area contributed by atoms with Crippen molar-refractivity contribution in [2.45, 2.75) is 26.3 Å². The minimum atomic E-state index is -0.810. The highest BCUT2D eigenvalue weighted by molar-refractivity contribution is 6.17. The number of Topliss-reactive ketones (excluding diaryl/α,β-unsaturated/α-hetero) is 1. The highest BCUT2D eigenvalue weighted by Crippen LogP contribution is 2.44. The van der Waals surface area contributed by atoms with E-state index in [1.165, 1.54) is 24.1 Å². The third-order valence-corrected chi connectivity index (χ3v) is 4.66. The zero-order valence-electron chi connectivity index (χ0n) is 16.0. The van der Waals surface area contributed by atoms with E-state index in [0.29, 0.717) is 17.0 Å². The Hall–Kier alpha value is -3.28. The number of hydrogen-bond donors (Lipinski definition) is 2. The fraction of sp³-hybridized carbons (Fsp3) is 0.273. The maximum Gasteiger partial charge on any atom is 0.294 e. The highest BCUT2D eigenvalue weighted by Gasteiger charge is 2.45. The number of phenols is 1. The lowest BCUT2D eigenvalue weighted by atomic mass is 9.92. The highest BCUT2D eigenvalue weighted by atomic mass is 16.5. The van der Waals surface area contributed by atoms with E-state index in [2.05, 4.69) is 0 Å². The number of para-hydroxylation sites is 2. The van der Waals surface area contributed by atoms with Gasteiger partial charge in [0, 0.05) is 6.42 Å². The molecule has 6 nitrogen and oxygen atoms in total. The quantitative estimate of drug-likeness (QED) is 0.792. The van der Waals surface area contributed by atoms with Crippen molar-refractivity contribution in [3.8, 4) is 11.5 Å². The monoisotopic (exact) mass is 381 g/mol. The molecule has 1 atom stereocenters. The van der Waals surface area contributed by atoms with Crippen LogP contribution in [0.1, 0.15) is 31.9 Å². The lowest BCUT2D eigenvalue weighted by Crippen LogP contribution is -2.31. The molecule has 1 aliphatic heterocycles. The number of phenolic OH excluding ortho intramolecular Hbond substituents is 1. The van der Waals surface area contributed by atoms with Crippen LogP contribution in [0.4, 0.5) is 5.69 Å². The summed E-state index contributed by atoms with van der Waals surface area (Å²) in [5.74, 6) is -0.894. The molecule has 1 aliphatic rings. The molecular weight excluding hydrogens is 358 g/mol. The maximum absolute atomic E-state index is 13.0. The predicted molar refractivity (Wildman–Crippen MR) is 105 cm³/mol. The average molecular weight is 381 g/mol. The van der Waals surface area contributed by atoms with Crippen LogP contribution in [-0.2, 0) is 9.59 Å². The van der Waals surface area contributed by atoms with Gasteiger partial charge in [0.2, 0.25) is 0 Å². The summed E-state index contributed by atoms with van der Waals surface area (Å²) in [5.41, 5.74) is 1.12. The van der Waals surface area contributed by atoms with Gasteiger partial charge < -0.3 is 14.9 Å². The molecule has 0 bridgehead atoms. The van der Waals surface area contributed by atoms with E-state index in [9.17, 15) is 19.8 Å². The van der Waals surface area contributed by atoms with Crippen LogP contribution in [-0.4, -0.2) is 29.0 Å². The van der Waals surface area contributed by atoms with Crippen LogP contribution in [0.2, 0.25) is 0 Å². The molecule has 146 valence electrons. The van der Waals surface area contributed by atoms with Crippen LogP contribution in [0, 0.1) is 5.92 Å². The van der Waals surface area contributed by atoms with Crippen molar-refractivity contribution in [3.05, 3.63) is 65.4 Å².